The summed E-state index contributed by atoms with van der Waals surface area (Å²) in [5, 5.41) is 3.04. The van der Waals surface area contributed by atoms with Crippen LogP contribution in [0.15, 0.2) is 29.4 Å². The van der Waals surface area contributed by atoms with Crippen LogP contribution >= 0.6 is 24.0 Å². The molecule has 19 heavy (non-hydrogen) atoms. The average Bonchev–Trinajstić information content (AvgIpc) is 3.14. The molecule has 0 aliphatic heterocycles. The maximum atomic E-state index is 5.91. The van der Waals surface area contributed by atoms with E-state index in [2.05, 4.69) is 15.3 Å². The molecule has 0 aromatic carbocycles. The summed E-state index contributed by atoms with van der Waals surface area (Å²) in [6, 6.07) is 5.71. The van der Waals surface area contributed by atoms with Gasteiger partial charge in [-0.05, 0) is 49.1 Å². The summed E-state index contributed by atoms with van der Waals surface area (Å²) in [6.45, 7) is 0.878. The van der Waals surface area contributed by atoms with E-state index >= 15 is 0 Å². The van der Waals surface area contributed by atoms with Gasteiger partial charge in [-0.1, -0.05) is 12.5 Å². The molecule has 0 spiro atoms. The second-order valence-corrected chi connectivity index (χ2v) is 5.53. The van der Waals surface area contributed by atoms with Crippen LogP contribution in [0.2, 0.25) is 0 Å². The van der Waals surface area contributed by atoms with Crippen LogP contribution in [-0.4, -0.2) is 17.5 Å². The van der Waals surface area contributed by atoms with Crippen molar-refractivity contribution < 1.29 is 0 Å². The number of pyridine rings is 1. The molecule has 2 aliphatic rings. The minimum atomic E-state index is 0. The Bertz CT molecular complexity index is 438. The Hall–Kier alpha value is -0.850. The quantitative estimate of drug-likeness (QED) is 0.485. The summed E-state index contributed by atoms with van der Waals surface area (Å²) in [7, 11) is 0. The number of anilines is 1. The third-order valence-corrected chi connectivity index (χ3v) is 4.28. The van der Waals surface area contributed by atoms with E-state index in [0.29, 0.717) is 11.4 Å². The molecule has 2 aliphatic carbocycles. The maximum Gasteiger partial charge on any atom is 0.194 e. The summed E-state index contributed by atoms with van der Waals surface area (Å²) in [4.78, 5) is 8.69. The summed E-state index contributed by atoms with van der Waals surface area (Å²) < 4.78 is 0. The second kappa shape index (κ2) is 6.07. The maximum absolute atomic E-state index is 5.91. The molecule has 1 heterocycles. The van der Waals surface area contributed by atoms with Crippen molar-refractivity contribution in [3.8, 4) is 0 Å². The number of nitrogens with one attached hydrogen (secondary N) is 1. The molecule has 3 N–H and O–H groups in total. The van der Waals surface area contributed by atoms with E-state index in [9.17, 15) is 0 Å². The number of aromatic nitrogens is 1. The first-order valence-electron chi connectivity index (χ1n) is 6.76. The minimum Gasteiger partial charge on any atom is -0.370 e. The van der Waals surface area contributed by atoms with Crippen molar-refractivity contribution in [3.63, 3.8) is 0 Å². The van der Waals surface area contributed by atoms with Gasteiger partial charge in [0.05, 0.1) is 0 Å². The normalized spacial score (nSPS) is 21.2. The van der Waals surface area contributed by atoms with E-state index in [1.54, 1.807) is 6.20 Å². The standard InChI is InChI=1S/C14H20N4.HI/c15-13(18-12-4-1-2-9-16-12)17-10-14(7-3-8-14)11-5-6-11;/h1-2,4,9,11H,3,5-8,10H2,(H3,15,16,17,18);1H. The molecule has 0 atom stereocenters. The molecule has 0 amide bonds. The lowest BCUT2D eigenvalue weighted by molar-refractivity contribution is 0.113. The van der Waals surface area contributed by atoms with Gasteiger partial charge in [0.25, 0.3) is 0 Å². The Balaban J connectivity index is 0.00000133. The zero-order chi connectivity index (χ0) is 12.4. The lowest BCUT2D eigenvalue weighted by Gasteiger charge is -2.41. The minimum absolute atomic E-state index is 0. The molecule has 0 bridgehead atoms. The molecule has 1 aromatic rings. The van der Waals surface area contributed by atoms with Gasteiger partial charge in [0, 0.05) is 12.7 Å². The Kier molecular flexibility index (Phi) is 4.65. The van der Waals surface area contributed by atoms with Crippen molar-refractivity contribution in [1.82, 2.24) is 4.98 Å². The number of hydrogen-bond acceptors (Lipinski definition) is 2. The van der Waals surface area contributed by atoms with Gasteiger partial charge in [0.2, 0.25) is 0 Å². The first kappa shape index (κ1) is 14.6. The smallest absolute Gasteiger partial charge is 0.194 e. The third-order valence-electron chi connectivity index (χ3n) is 4.28. The van der Waals surface area contributed by atoms with Crippen molar-refractivity contribution >= 4 is 35.8 Å². The molecule has 3 rings (SSSR count). The first-order chi connectivity index (χ1) is 8.78. The van der Waals surface area contributed by atoms with Crippen LogP contribution in [0, 0.1) is 11.3 Å². The van der Waals surface area contributed by atoms with Crippen LogP contribution < -0.4 is 11.1 Å². The molecule has 1 aromatic heterocycles. The monoisotopic (exact) mass is 372 g/mol. The Labute approximate surface area is 131 Å². The highest BCUT2D eigenvalue weighted by atomic mass is 127. The molecule has 4 nitrogen and oxygen atoms in total. The van der Waals surface area contributed by atoms with Crippen molar-refractivity contribution in [2.24, 2.45) is 22.1 Å². The van der Waals surface area contributed by atoms with Crippen molar-refractivity contribution in [1.29, 1.82) is 0 Å². The first-order valence-corrected chi connectivity index (χ1v) is 6.76. The van der Waals surface area contributed by atoms with Gasteiger partial charge in [0.15, 0.2) is 5.96 Å². The van der Waals surface area contributed by atoms with Gasteiger partial charge in [-0.3, -0.25) is 4.99 Å². The molecular weight excluding hydrogens is 351 g/mol. The second-order valence-electron chi connectivity index (χ2n) is 5.53. The Morgan fingerprint density at radius 1 is 1.42 bits per heavy atom. The lowest BCUT2D eigenvalue weighted by atomic mass is 9.65. The number of hydrogen-bond donors (Lipinski definition) is 2. The summed E-state index contributed by atoms with van der Waals surface area (Å²) >= 11 is 0. The number of guanidine groups is 1. The highest BCUT2D eigenvalue weighted by molar-refractivity contribution is 14.0. The molecule has 0 saturated heterocycles. The molecular formula is C14H21IN4. The highest BCUT2D eigenvalue weighted by Crippen LogP contribution is 2.57. The lowest BCUT2D eigenvalue weighted by Crippen LogP contribution is -2.36. The molecule has 0 unspecified atom stereocenters. The topological polar surface area (TPSA) is 63.3 Å². The summed E-state index contributed by atoms with van der Waals surface area (Å²) in [5.41, 5.74) is 6.39. The van der Waals surface area contributed by atoms with Crippen LogP contribution in [0.5, 0.6) is 0 Å². The number of nitrogens with two attached hydrogens (primary N) is 1. The van der Waals surface area contributed by atoms with Gasteiger partial charge in [-0.25, -0.2) is 4.98 Å². The van der Waals surface area contributed by atoms with E-state index < -0.39 is 0 Å². The van der Waals surface area contributed by atoms with Crippen LogP contribution in [0.3, 0.4) is 0 Å². The zero-order valence-corrected chi connectivity index (χ0v) is 13.3. The zero-order valence-electron chi connectivity index (χ0n) is 11.0. The molecule has 5 heteroatoms. The summed E-state index contributed by atoms with van der Waals surface area (Å²) in [6.07, 6.45) is 8.55. The van der Waals surface area contributed by atoms with Crippen molar-refractivity contribution in [2.75, 3.05) is 11.9 Å². The van der Waals surface area contributed by atoms with Gasteiger partial charge in [0.1, 0.15) is 5.82 Å². The highest BCUT2D eigenvalue weighted by Gasteiger charge is 2.48. The van der Waals surface area contributed by atoms with E-state index in [1.165, 1.54) is 32.1 Å². The SMILES string of the molecule is I.NC(=NCC1(C2CC2)CCC1)Nc1ccccn1. The molecule has 0 radical (unpaired) electrons. The molecule has 104 valence electrons. The van der Waals surface area contributed by atoms with E-state index in [1.807, 2.05) is 18.2 Å². The number of halogens is 1. The number of aliphatic imine (C=N–C) groups is 1. The van der Waals surface area contributed by atoms with Crippen molar-refractivity contribution in [2.45, 2.75) is 32.1 Å². The largest absolute Gasteiger partial charge is 0.370 e. The molecule has 2 fully saturated rings. The fourth-order valence-electron chi connectivity index (χ4n) is 2.87. The third kappa shape index (κ3) is 3.38. The average molecular weight is 372 g/mol. The number of nitrogens with zero attached hydrogens (tertiary/aromatic N) is 2. The van der Waals surface area contributed by atoms with Crippen LogP contribution in [0.1, 0.15) is 32.1 Å². The van der Waals surface area contributed by atoms with Gasteiger partial charge < -0.3 is 11.1 Å². The van der Waals surface area contributed by atoms with Gasteiger partial charge in [-0.2, -0.15) is 0 Å². The Morgan fingerprint density at radius 3 is 2.74 bits per heavy atom. The van der Waals surface area contributed by atoms with Crippen molar-refractivity contribution in [3.05, 3.63) is 24.4 Å². The fourth-order valence-corrected chi connectivity index (χ4v) is 2.87. The van der Waals surface area contributed by atoms with E-state index in [-0.39, 0.29) is 24.0 Å². The fraction of sp³-hybridized carbons (Fsp3) is 0.571. The summed E-state index contributed by atoms with van der Waals surface area (Å²) in [5.74, 6) is 2.16. The van der Waals surface area contributed by atoms with Crippen LogP contribution in [0.25, 0.3) is 0 Å². The van der Waals surface area contributed by atoms with E-state index in [0.717, 1.165) is 18.3 Å². The van der Waals surface area contributed by atoms with Crippen LogP contribution in [0.4, 0.5) is 5.82 Å². The Morgan fingerprint density at radius 2 is 2.21 bits per heavy atom. The predicted octanol–water partition coefficient (Wildman–Crippen LogP) is 3.01. The predicted molar refractivity (Wildman–Crippen MR) is 88.8 cm³/mol. The van der Waals surface area contributed by atoms with Gasteiger partial charge >= 0.3 is 0 Å². The number of rotatable bonds is 4. The van der Waals surface area contributed by atoms with Gasteiger partial charge in [-0.15, -0.1) is 24.0 Å². The van der Waals surface area contributed by atoms with Crippen LogP contribution in [-0.2, 0) is 0 Å². The van der Waals surface area contributed by atoms with E-state index in [4.69, 9.17) is 5.73 Å². The molecule has 2 saturated carbocycles.